The molecule has 1 atom stereocenters. The number of nitrogens with one attached hydrogen (secondary N) is 1. The van der Waals surface area contributed by atoms with Crippen LogP contribution >= 0.6 is 0 Å². The highest BCUT2D eigenvalue weighted by Gasteiger charge is 2.22. The van der Waals surface area contributed by atoms with Gasteiger partial charge in [-0.3, -0.25) is 4.79 Å². The minimum absolute atomic E-state index is 0.101. The third-order valence-corrected chi connectivity index (χ3v) is 3.57. The van der Waals surface area contributed by atoms with Crippen LogP contribution < -0.4 is 5.32 Å². The summed E-state index contributed by atoms with van der Waals surface area (Å²) >= 11 is 0. The Morgan fingerprint density at radius 1 is 1.27 bits per heavy atom. The molecule has 2 aromatic rings. The van der Waals surface area contributed by atoms with E-state index in [-0.39, 0.29) is 18.8 Å². The maximum Gasteiger partial charge on any atom is 0.326 e. The Bertz CT molecular complexity index is 665. The molecule has 6 nitrogen and oxygen atoms in total. The predicted molar refractivity (Wildman–Crippen MR) is 81.1 cm³/mol. The van der Waals surface area contributed by atoms with E-state index in [0.29, 0.717) is 5.58 Å². The van der Waals surface area contributed by atoms with Gasteiger partial charge in [0.2, 0.25) is 0 Å². The first kappa shape index (κ1) is 16.0. The van der Waals surface area contributed by atoms with E-state index in [4.69, 9.17) is 14.3 Å². The highest BCUT2D eigenvalue weighted by Crippen LogP contribution is 2.23. The van der Waals surface area contributed by atoms with Gasteiger partial charge in [0.25, 0.3) is 5.91 Å². The number of hydrogen-bond donors (Lipinski definition) is 2. The normalized spacial score (nSPS) is 12.3. The zero-order valence-electron chi connectivity index (χ0n) is 12.8. The Balaban J connectivity index is 2.19. The van der Waals surface area contributed by atoms with Crippen molar-refractivity contribution in [3.05, 3.63) is 35.1 Å². The maximum atomic E-state index is 12.2. The average Bonchev–Trinajstić information content (AvgIpc) is 2.86. The number of methoxy groups -OCH3 is 1. The number of carboxylic acids is 1. The number of aliphatic carboxylic acids is 1. The number of benzene rings is 1. The number of hydrogen-bond acceptors (Lipinski definition) is 4. The van der Waals surface area contributed by atoms with Gasteiger partial charge in [0, 0.05) is 25.5 Å². The molecule has 0 radical (unpaired) electrons. The Hall–Kier alpha value is -2.34. The minimum atomic E-state index is -1.10. The fourth-order valence-corrected chi connectivity index (χ4v) is 2.14. The minimum Gasteiger partial charge on any atom is -0.480 e. The molecule has 22 heavy (non-hydrogen) atoms. The van der Waals surface area contributed by atoms with Crippen LogP contribution in [-0.2, 0) is 9.53 Å². The molecule has 1 unspecified atom stereocenters. The summed E-state index contributed by atoms with van der Waals surface area (Å²) in [6.07, 6.45) is 0.190. The number of fused-ring (bicyclic) bond motifs is 1. The van der Waals surface area contributed by atoms with E-state index >= 15 is 0 Å². The third-order valence-electron chi connectivity index (χ3n) is 3.57. The summed E-state index contributed by atoms with van der Waals surface area (Å²) in [4.78, 5) is 23.3. The van der Waals surface area contributed by atoms with Crippen LogP contribution in [0.5, 0.6) is 0 Å². The van der Waals surface area contributed by atoms with Crippen molar-refractivity contribution in [2.45, 2.75) is 26.3 Å². The Labute approximate surface area is 128 Å². The van der Waals surface area contributed by atoms with Crippen LogP contribution in [0.25, 0.3) is 11.0 Å². The topological polar surface area (TPSA) is 88.8 Å². The molecule has 0 aliphatic rings. The molecule has 1 amide bonds. The molecule has 1 heterocycles. The van der Waals surface area contributed by atoms with Crippen LogP contribution in [0.3, 0.4) is 0 Å². The number of carbonyl (C=O) groups excluding carboxylic acids is 1. The van der Waals surface area contributed by atoms with Crippen LogP contribution in [0.2, 0.25) is 0 Å². The highest BCUT2D eigenvalue weighted by atomic mass is 16.5. The Kier molecular flexibility index (Phi) is 4.82. The molecular formula is C16H19NO5. The van der Waals surface area contributed by atoms with Crippen LogP contribution in [0.15, 0.2) is 22.6 Å². The highest BCUT2D eigenvalue weighted by molar-refractivity contribution is 5.98. The first-order valence-corrected chi connectivity index (χ1v) is 6.95. The lowest BCUT2D eigenvalue weighted by molar-refractivity contribution is -0.139. The third kappa shape index (κ3) is 3.46. The molecule has 2 N–H and O–H groups in total. The van der Waals surface area contributed by atoms with Crippen molar-refractivity contribution in [2.75, 3.05) is 13.7 Å². The quantitative estimate of drug-likeness (QED) is 0.854. The summed E-state index contributed by atoms with van der Waals surface area (Å²) < 4.78 is 10.4. The van der Waals surface area contributed by atoms with Crippen molar-refractivity contribution in [2.24, 2.45) is 0 Å². The number of carbonyl (C=O) groups is 2. The molecule has 0 saturated heterocycles. The molecular weight excluding hydrogens is 286 g/mol. The van der Waals surface area contributed by atoms with Gasteiger partial charge >= 0.3 is 5.97 Å². The number of aryl methyl sites for hydroxylation is 2. The first-order valence-electron chi connectivity index (χ1n) is 6.95. The zero-order valence-corrected chi connectivity index (χ0v) is 12.8. The maximum absolute atomic E-state index is 12.2. The molecule has 0 spiro atoms. The lowest BCUT2D eigenvalue weighted by Gasteiger charge is -2.12. The van der Waals surface area contributed by atoms with Crippen molar-refractivity contribution >= 4 is 22.8 Å². The van der Waals surface area contributed by atoms with Crippen LogP contribution in [-0.4, -0.2) is 36.7 Å². The Morgan fingerprint density at radius 2 is 1.95 bits per heavy atom. The van der Waals surface area contributed by atoms with Gasteiger partial charge in [0.1, 0.15) is 11.6 Å². The van der Waals surface area contributed by atoms with Gasteiger partial charge in [-0.15, -0.1) is 0 Å². The van der Waals surface area contributed by atoms with Crippen molar-refractivity contribution < 1.29 is 23.8 Å². The van der Waals surface area contributed by atoms with Crippen molar-refractivity contribution in [1.82, 2.24) is 5.32 Å². The Morgan fingerprint density at radius 3 is 2.59 bits per heavy atom. The van der Waals surface area contributed by atoms with E-state index in [1.54, 1.807) is 6.07 Å². The number of furan rings is 1. The molecule has 0 fully saturated rings. The molecule has 2 rings (SSSR count). The summed E-state index contributed by atoms with van der Waals surface area (Å²) in [6.45, 7) is 4.19. The van der Waals surface area contributed by atoms with Crippen LogP contribution in [0, 0.1) is 13.8 Å². The van der Waals surface area contributed by atoms with Gasteiger partial charge in [-0.25, -0.2) is 4.79 Å². The smallest absolute Gasteiger partial charge is 0.326 e. The monoisotopic (exact) mass is 305 g/mol. The van der Waals surface area contributed by atoms with Crippen molar-refractivity contribution in [1.29, 1.82) is 0 Å². The largest absolute Gasteiger partial charge is 0.480 e. The van der Waals surface area contributed by atoms with Gasteiger partial charge < -0.3 is 19.6 Å². The van der Waals surface area contributed by atoms with Crippen LogP contribution in [0.4, 0.5) is 0 Å². The molecule has 6 heteroatoms. The van der Waals surface area contributed by atoms with Gasteiger partial charge in [-0.05, 0) is 43.2 Å². The molecule has 118 valence electrons. The lowest BCUT2D eigenvalue weighted by atomic mass is 10.1. The summed E-state index contributed by atoms with van der Waals surface area (Å²) in [5, 5.41) is 12.4. The SMILES string of the molecule is COCCC(NC(=O)c1cc2cc(C)c(C)cc2o1)C(=O)O. The van der Waals surface area contributed by atoms with E-state index in [1.165, 1.54) is 7.11 Å². The second-order valence-corrected chi connectivity index (χ2v) is 5.23. The molecule has 0 aliphatic carbocycles. The van der Waals surface area contributed by atoms with Crippen LogP contribution in [0.1, 0.15) is 28.1 Å². The standard InChI is InChI=1S/C16H19NO5/c1-9-6-11-8-14(22-13(11)7-10(9)2)15(18)17-12(16(19)20)4-5-21-3/h6-8,12H,4-5H2,1-3H3,(H,17,18)(H,19,20). The van der Waals surface area contributed by atoms with E-state index in [9.17, 15) is 9.59 Å². The predicted octanol–water partition coefficient (Wildman–Crippen LogP) is 2.27. The molecule has 1 aromatic heterocycles. The van der Waals surface area contributed by atoms with Crippen molar-refractivity contribution in [3.63, 3.8) is 0 Å². The van der Waals surface area contributed by atoms with E-state index < -0.39 is 17.9 Å². The molecule has 0 aliphatic heterocycles. The molecule has 0 bridgehead atoms. The van der Waals surface area contributed by atoms with E-state index in [0.717, 1.165) is 16.5 Å². The zero-order chi connectivity index (χ0) is 16.3. The van der Waals surface area contributed by atoms with Crippen molar-refractivity contribution in [3.8, 4) is 0 Å². The number of rotatable bonds is 6. The molecule has 1 aromatic carbocycles. The summed E-state index contributed by atoms with van der Waals surface area (Å²) in [7, 11) is 1.48. The lowest BCUT2D eigenvalue weighted by Crippen LogP contribution is -2.41. The summed E-state index contributed by atoms with van der Waals surface area (Å²) in [6, 6.07) is 4.40. The van der Waals surface area contributed by atoms with Gasteiger partial charge in [0.05, 0.1) is 0 Å². The summed E-state index contributed by atoms with van der Waals surface area (Å²) in [5.74, 6) is -1.55. The number of amides is 1. The second-order valence-electron chi connectivity index (χ2n) is 5.23. The fraction of sp³-hybridized carbons (Fsp3) is 0.375. The number of ether oxygens (including phenoxy) is 1. The fourth-order valence-electron chi connectivity index (χ4n) is 2.14. The van der Waals surface area contributed by atoms with Gasteiger partial charge in [-0.1, -0.05) is 0 Å². The van der Waals surface area contributed by atoms with E-state index in [2.05, 4.69) is 5.32 Å². The average molecular weight is 305 g/mol. The summed E-state index contributed by atoms with van der Waals surface area (Å²) in [5.41, 5.74) is 2.78. The van der Waals surface area contributed by atoms with Gasteiger partial charge in [-0.2, -0.15) is 0 Å². The van der Waals surface area contributed by atoms with Gasteiger partial charge in [0.15, 0.2) is 5.76 Å². The van der Waals surface area contributed by atoms with E-state index in [1.807, 2.05) is 26.0 Å². The second kappa shape index (κ2) is 6.62. The number of carboxylic acid groups (broad SMARTS) is 1. The molecule has 0 saturated carbocycles. The first-order chi connectivity index (χ1) is 10.4.